The van der Waals surface area contributed by atoms with E-state index in [0.717, 1.165) is 0 Å². The van der Waals surface area contributed by atoms with Crippen molar-refractivity contribution in [3.05, 3.63) is 97.2 Å². The number of rotatable bonds is 2. The van der Waals surface area contributed by atoms with Crippen molar-refractivity contribution in [3.63, 3.8) is 0 Å². The Morgan fingerprint density at radius 2 is 1.74 bits per heavy atom. The molecule has 2 heteroatoms. The van der Waals surface area contributed by atoms with Crippen LogP contribution in [0.1, 0.15) is 37.8 Å². The standard InChI is InChI=1S/C25H26SSi/c1-14-10-17-8-6-7-9-18(17)23(14)21-13-26-22-12-20-19(16(3)24(21)22)11-15(2)25(20)27(4)5/h6-13,22-23,27H,1-5H3. The molecular formula is C25H26SSi. The van der Waals surface area contributed by atoms with E-state index in [1.807, 2.05) is 11.8 Å². The zero-order valence-electron chi connectivity index (χ0n) is 16.8. The number of fused-ring (bicyclic) bond motifs is 3. The van der Waals surface area contributed by atoms with Crippen molar-refractivity contribution in [2.24, 2.45) is 0 Å². The van der Waals surface area contributed by atoms with E-state index < -0.39 is 8.80 Å². The van der Waals surface area contributed by atoms with Crippen molar-refractivity contribution in [1.82, 2.24) is 0 Å². The van der Waals surface area contributed by atoms with Gasteiger partial charge in [0.15, 0.2) is 0 Å². The van der Waals surface area contributed by atoms with Crippen molar-refractivity contribution in [2.75, 3.05) is 0 Å². The van der Waals surface area contributed by atoms with E-state index in [9.17, 15) is 0 Å². The molecule has 3 aliphatic carbocycles. The second-order valence-corrected chi connectivity index (χ2v) is 12.4. The summed E-state index contributed by atoms with van der Waals surface area (Å²) in [5.41, 5.74) is 13.5. The summed E-state index contributed by atoms with van der Waals surface area (Å²) in [7, 11) is -0.832. The normalized spacial score (nSPS) is 26.0. The number of allylic oxidation sites excluding steroid dienone is 8. The van der Waals surface area contributed by atoms with Crippen LogP contribution in [0.2, 0.25) is 13.1 Å². The van der Waals surface area contributed by atoms with Gasteiger partial charge in [-0.1, -0.05) is 71.9 Å². The lowest BCUT2D eigenvalue weighted by atomic mass is 9.78. The van der Waals surface area contributed by atoms with E-state index in [1.54, 1.807) is 16.3 Å². The quantitative estimate of drug-likeness (QED) is 0.508. The summed E-state index contributed by atoms with van der Waals surface area (Å²) in [6.45, 7) is 11.9. The largest absolute Gasteiger partial charge is 0.121 e. The van der Waals surface area contributed by atoms with Crippen LogP contribution in [0.4, 0.5) is 0 Å². The van der Waals surface area contributed by atoms with Gasteiger partial charge < -0.3 is 0 Å². The molecule has 1 aromatic carbocycles. The molecule has 1 heterocycles. The van der Waals surface area contributed by atoms with Crippen LogP contribution in [0.15, 0.2) is 86.0 Å². The van der Waals surface area contributed by atoms with Crippen LogP contribution in [0.3, 0.4) is 0 Å². The van der Waals surface area contributed by atoms with Crippen molar-refractivity contribution in [2.45, 2.75) is 45.0 Å². The first-order chi connectivity index (χ1) is 13.0. The van der Waals surface area contributed by atoms with Crippen molar-refractivity contribution in [3.8, 4) is 0 Å². The van der Waals surface area contributed by atoms with Crippen LogP contribution in [-0.2, 0) is 0 Å². The van der Waals surface area contributed by atoms with Gasteiger partial charge in [0, 0.05) is 5.92 Å². The summed E-state index contributed by atoms with van der Waals surface area (Å²) in [6.07, 6.45) is 7.40. The molecule has 0 amide bonds. The van der Waals surface area contributed by atoms with Crippen molar-refractivity contribution in [1.29, 1.82) is 0 Å². The van der Waals surface area contributed by atoms with Gasteiger partial charge in [-0.2, -0.15) is 0 Å². The first-order valence-electron chi connectivity index (χ1n) is 9.96. The summed E-state index contributed by atoms with van der Waals surface area (Å²) < 4.78 is 0. The van der Waals surface area contributed by atoms with Gasteiger partial charge in [-0.05, 0) is 65.2 Å². The topological polar surface area (TPSA) is 0 Å². The molecule has 0 spiro atoms. The summed E-state index contributed by atoms with van der Waals surface area (Å²) in [5.74, 6) is 0.425. The average Bonchev–Trinajstić information content (AvgIpc) is 3.27. The smallest absolute Gasteiger partial charge is 0.0658 e. The van der Waals surface area contributed by atoms with E-state index in [1.165, 1.54) is 39.0 Å². The maximum absolute atomic E-state index is 2.57. The Bertz CT molecular complexity index is 1060. The SMILES string of the molecule is CC1=Cc2ccccc2C1C1=CSC2C=C3C(=CC(C)=C3[SiH](C)C)C(C)=C12. The molecule has 2 unspecified atom stereocenters. The van der Waals surface area contributed by atoms with Gasteiger partial charge >= 0.3 is 0 Å². The van der Waals surface area contributed by atoms with E-state index >= 15 is 0 Å². The highest BCUT2D eigenvalue weighted by molar-refractivity contribution is 8.03. The van der Waals surface area contributed by atoms with Crippen molar-refractivity contribution >= 4 is 26.6 Å². The molecule has 2 atom stereocenters. The Balaban J connectivity index is 1.60. The summed E-state index contributed by atoms with van der Waals surface area (Å²) >= 11 is 2.01. The molecule has 0 radical (unpaired) electrons. The summed E-state index contributed by atoms with van der Waals surface area (Å²) in [4.78, 5) is 0. The number of hydrogen-bond donors (Lipinski definition) is 0. The van der Waals surface area contributed by atoms with Crippen LogP contribution in [0.5, 0.6) is 0 Å². The highest BCUT2D eigenvalue weighted by Gasteiger charge is 2.38. The average molecular weight is 387 g/mol. The van der Waals surface area contributed by atoms with E-state index in [-0.39, 0.29) is 0 Å². The third-order valence-electron chi connectivity index (χ3n) is 6.46. The van der Waals surface area contributed by atoms with Crippen LogP contribution in [-0.4, -0.2) is 14.0 Å². The minimum absolute atomic E-state index is 0.425. The lowest BCUT2D eigenvalue weighted by molar-refractivity contribution is 0.939. The number of thioether (sulfide) groups is 1. The molecule has 0 nitrogen and oxygen atoms in total. The molecule has 0 bridgehead atoms. The van der Waals surface area contributed by atoms with Gasteiger partial charge in [-0.25, -0.2) is 0 Å². The fourth-order valence-corrected chi connectivity index (χ4v) is 8.48. The monoisotopic (exact) mass is 386 g/mol. The van der Waals surface area contributed by atoms with Crippen molar-refractivity contribution < 1.29 is 0 Å². The zero-order valence-corrected chi connectivity index (χ0v) is 18.7. The number of benzene rings is 1. The lowest BCUT2D eigenvalue weighted by Crippen LogP contribution is -2.17. The molecular weight excluding hydrogens is 360 g/mol. The maximum Gasteiger partial charge on any atom is 0.0658 e. The fraction of sp³-hybridized carbons (Fsp3) is 0.280. The van der Waals surface area contributed by atoms with Gasteiger partial charge in [0.2, 0.25) is 0 Å². The van der Waals surface area contributed by atoms with Gasteiger partial charge in [-0.15, -0.1) is 11.8 Å². The third-order valence-corrected chi connectivity index (χ3v) is 9.44. The molecule has 4 aliphatic rings. The fourth-order valence-electron chi connectivity index (χ4n) is 5.39. The van der Waals surface area contributed by atoms with E-state index in [0.29, 0.717) is 11.2 Å². The molecule has 5 rings (SSSR count). The molecule has 0 aromatic heterocycles. The lowest BCUT2D eigenvalue weighted by Gasteiger charge is -2.28. The maximum atomic E-state index is 2.57. The van der Waals surface area contributed by atoms with Gasteiger partial charge in [0.25, 0.3) is 0 Å². The summed E-state index contributed by atoms with van der Waals surface area (Å²) in [6, 6.07) is 8.91. The molecule has 0 saturated heterocycles. The van der Waals surface area contributed by atoms with Crippen LogP contribution in [0, 0.1) is 0 Å². The molecule has 0 N–H and O–H groups in total. The van der Waals surface area contributed by atoms with Crippen LogP contribution >= 0.6 is 11.8 Å². The molecule has 1 aliphatic heterocycles. The Kier molecular flexibility index (Phi) is 3.93. The van der Waals surface area contributed by atoms with Gasteiger partial charge in [-0.3, -0.25) is 0 Å². The first-order valence-corrected chi connectivity index (χ1v) is 13.8. The predicted molar refractivity (Wildman–Crippen MR) is 123 cm³/mol. The second kappa shape index (κ2) is 6.12. The highest BCUT2D eigenvalue weighted by atomic mass is 32.2. The highest BCUT2D eigenvalue weighted by Crippen LogP contribution is 2.54. The predicted octanol–water partition coefficient (Wildman–Crippen LogP) is 6.73. The Morgan fingerprint density at radius 1 is 0.963 bits per heavy atom. The molecule has 27 heavy (non-hydrogen) atoms. The minimum Gasteiger partial charge on any atom is -0.121 e. The Hall–Kier alpha value is -1.77. The molecule has 136 valence electrons. The summed E-state index contributed by atoms with van der Waals surface area (Å²) in [5, 5.41) is 4.62. The minimum atomic E-state index is -0.832. The zero-order chi connectivity index (χ0) is 18.9. The Labute approximate surface area is 168 Å². The van der Waals surface area contributed by atoms with Gasteiger partial charge in [0.05, 0.1) is 14.0 Å². The molecule has 0 saturated carbocycles. The van der Waals surface area contributed by atoms with Crippen LogP contribution in [0.25, 0.3) is 6.08 Å². The van der Waals surface area contributed by atoms with E-state index in [2.05, 4.69) is 81.8 Å². The van der Waals surface area contributed by atoms with Gasteiger partial charge in [0.1, 0.15) is 0 Å². The third kappa shape index (κ3) is 2.43. The number of hydrogen-bond acceptors (Lipinski definition) is 1. The second-order valence-electron chi connectivity index (χ2n) is 8.51. The Morgan fingerprint density at radius 3 is 2.52 bits per heavy atom. The molecule has 1 aromatic rings. The molecule has 0 fully saturated rings. The van der Waals surface area contributed by atoms with Crippen LogP contribution < -0.4 is 0 Å². The van der Waals surface area contributed by atoms with E-state index in [4.69, 9.17) is 0 Å². The first kappa shape index (κ1) is 17.3.